The fraction of sp³-hybridized carbons (Fsp3) is 0.467. The third kappa shape index (κ3) is 3.58. The van der Waals surface area contributed by atoms with Crippen LogP contribution in [0.5, 0.6) is 0 Å². The number of hydrogen-bond acceptors (Lipinski definition) is 4. The summed E-state index contributed by atoms with van der Waals surface area (Å²) in [4.78, 5) is 23.4. The molecule has 1 atom stereocenters. The van der Waals surface area contributed by atoms with E-state index in [2.05, 4.69) is 50.4 Å². The Hall–Kier alpha value is -3.32. The SMILES string of the molecule is N[C@@H]1CCCN(C(=O)c2cc3c4c(c2)nc(-c2cc5ccccc5n2CC2CC2)n4CCN3C2CC2)C1. The minimum absolute atomic E-state index is 0.0712. The van der Waals surface area contributed by atoms with Gasteiger partial charge >= 0.3 is 0 Å². The molecule has 2 aliphatic heterocycles. The molecule has 3 fully saturated rings. The Morgan fingerprint density at radius 1 is 1.00 bits per heavy atom. The molecule has 8 rings (SSSR count). The lowest BCUT2D eigenvalue weighted by atomic mass is 10.0. The lowest BCUT2D eigenvalue weighted by Gasteiger charge is -2.33. The third-order valence-electron chi connectivity index (χ3n) is 8.85. The highest BCUT2D eigenvalue weighted by atomic mass is 16.2. The van der Waals surface area contributed by atoms with Gasteiger partial charge in [0.1, 0.15) is 0 Å². The molecule has 2 saturated carbocycles. The maximum Gasteiger partial charge on any atom is 0.254 e. The highest BCUT2D eigenvalue weighted by Crippen LogP contribution is 2.42. The number of imidazole rings is 1. The molecule has 2 aliphatic carbocycles. The monoisotopic (exact) mass is 494 g/mol. The van der Waals surface area contributed by atoms with Gasteiger partial charge in [-0.25, -0.2) is 4.98 Å². The van der Waals surface area contributed by atoms with Crippen LogP contribution >= 0.6 is 0 Å². The molecule has 2 aromatic heterocycles. The smallest absolute Gasteiger partial charge is 0.254 e. The van der Waals surface area contributed by atoms with Gasteiger partial charge in [0, 0.05) is 61.3 Å². The molecule has 7 nitrogen and oxygen atoms in total. The second-order valence-electron chi connectivity index (χ2n) is 11.7. The molecule has 2 aromatic carbocycles. The number of likely N-dealkylation sites (tertiary alicyclic amines) is 1. The van der Waals surface area contributed by atoms with E-state index in [1.807, 2.05) is 11.0 Å². The van der Waals surface area contributed by atoms with Crippen LogP contribution < -0.4 is 10.6 Å². The lowest BCUT2D eigenvalue weighted by Crippen LogP contribution is -2.45. The summed E-state index contributed by atoms with van der Waals surface area (Å²) in [5, 5.41) is 1.27. The molecule has 7 heteroatoms. The molecule has 4 aromatic rings. The molecular formula is C30H34N6O. The van der Waals surface area contributed by atoms with Crippen LogP contribution in [0.4, 0.5) is 5.69 Å². The number of carbonyl (C=O) groups excluding carboxylic acids is 1. The van der Waals surface area contributed by atoms with Gasteiger partial charge in [0.05, 0.1) is 22.4 Å². The number of fused-ring (bicyclic) bond motifs is 1. The van der Waals surface area contributed by atoms with Crippen LogP contribution in [-0.4, -0.2) is 56.6 Å². The predicted molar refractivity (Wildman–Crippen MR) is 147 cm³/mol. The molecule has 0 spiro atoms. The number of nitrogens with zero attached hydrogens (tertiary/aromatic N) is 5. The number of anilines is 1. The molecule has 1 amide bonds. The van der Waals surface area contributed by atoms with Crippen LogP contribution in [-0.2, 0) is 13.1 Å². The third-order valence-corrected chi connectivity index (χ3v) is 8.85. The summed E-state index contributed by atoms with van der Waals surface area (Å²) in [6.07, 6.45) is 7.06. The van der Waals surface area contributed by atoms with Gasteiger partial charge in [-0.2, -0.15) is 0 Å². The molecule has 190 valence electrons. The summed E-state index contributed by atoms with van der Waals surface area (Å²) in [6, 6.07) is 15.9. The van der Waals surface area contributed by atoms with Crippen molar-refractivity contribution in [3.63, 3.8) is 0 Å². The van der Waals surface area contributed by atoms with Crippen LogP contribution in [0.3, 0.4) is 0 Å². The van der Waals surface area contributed by atoms with E-state index in [1.54, 1.807) is 0 Å². The van der Waals surface area contributed by atoms with Crippen LogP contribution in [0.2, 0.25) is 0 Å². The number of para-hydroxylation sites is 1. The van der Waals surface area contributed by atoms with E-state index in [9.17, 15) is 4.79 Å². The van der Waals surface area contributed by atoms with Gasteiger partial charge in [0.15, 0.2) is 5.82 Å². The summed E-state index contributed by atoms with van der Waals surface area (Å²) in [5.74, 6) is 1.89. The van der Waals surface area contributed by atoms with Crippen LogP contribution in [0.25, 0.3) is 33.5 Å². The highest BCUT2D eigenvalue weighted by molar-refractivity contribution is 6.03. The zero-order valence-corrected chi connectivity index (χ0v) is 21.3. The standard InChI is InChI=1S/C30H34N6O/c31-22-5-3-11-33(18-22)30(37)21-14-24-28-26(16-21)34(23-9-10-23)12-13-35(28)29(32-24)27-15-20-4-1-2-6-25(20)36(27)17-19-7-8-19/h1-2,4,6,14-16,19,22-23H,3,5,7-13,17-18,31H2/t22-/m1/s1. The molecule has 0 radical (unpaired) electrons. The summed E-state index contributed by atoms with van der Waals surface area (Å²) in [7, 11) is 0. The largest absolute Gasteiger partial charge is 0.365 e. The first-order valence-corrected chi connectivity index (χ1v) is 14.1. The minimum atomic E-state index is 0.0712. The summed E-state index contributed by atoms with van der Waals surface area (Å²) < 4.78 is 4.91. The lowest BCUT2D eigenvalue weighted by molar-refractivity contribution is 0.0709. The normalized spacial score (nSPS) is 21.8. The van der Waals surface area contributed by atoms with Gasteiger partial charge in [0.25, 0.3) is 5.91 Å². The van der Waals surface area contributed by atoms with Crippen molar-refractivity contribution in [2.75, 3.05) is 24.5 Å². The van der Waals surface area contributed by atoms with Crippen molar-refractivity contribution in [2.45, 2.75) is 63.7 Å². The van der Waals surface area contributed by atoms with E-state index in [1.165, 1.54) is 53.5 Å². The van der Waals surface area contributed by atoms with Crippen molar-refractivity contribution in [3.05, 3.63) is 48.0 Å². The Balaban J connectivity index is 1.30. The second kappa shape index (κ2) is 8.09. The number of aromatic nitrogens is 3. The van der Waals surface area contributed by atoms with Gasteiger partial charge in [-0.1, -0.05) is 18.2 Å². The quantitative estimate of drug-likeness (QED) is 0.440. The maximum atomic E-state index is 13.6. The van der Waals surface area contributed by atoms with Crippen molar-refractivity contribution in [1.29, 1.82) is 0 Å². The molecule has 0 unspecified atom stereocenters. The first-order valence-electron chi connectivity index (χ1n) is 14.1. The number of benzene rings is 2. The summed E-state index contributed by atoms with van der Waals surface area (Å²) in [5.41, 5.74) is 12.8. The number of rotatable bonds is 5. The molecule has 4 aliphatic rings. The molecular weight excluding hydrogens is 460 g/mol. The van der Waals surface area contributed by atoms with E-state index in [0.717, 1.165) is 61.8 Å². The van der Waals surface area contributed by atoms with Gasteiger partial charge in [0.2, 0.25) is 0 Å². The zero-order chi connectivity index (χ0) is 24.7. The average Bonchev–Trinajstić information content (AvgIpc) is 3.84. The van der Waals surface area contributed by atoms with E-state index in [-0.39, 0.29) is 11.9 Å². The highest BCUT2D eigenvalue weighted by Gasteiger charge is 2.36. The van der Waals surface area contributed by atoms with Crippen LogP contribution in [0.15, 0.2) is 42.5 Å². The van der Waals surface area contributed by atoms with E-state index in [0.29, 0.717) is 12.6 Å². The Bertz CT molecular complexity index is 1540. The average molecular weight is 495 g/mol. The fourth-order valence-electron chi connectivity index (χ4n) is 6.62. The summed E-state index contributed by atoms with van der Waals surface area (Å²) in [6.45, 7) is 4.36. The van der Waals surface area contributed by atoms with E-state index in [4.69, 9.17) is 10.7 Å². The zero-order valence-electron chi connectivity index (χ0n) is 21.3. The van der Waals surface area contributed by atoms with Crippen molar-refractivity contribution in [2.24, 2.45) is 11.7 Å². The van der Waals surface area contributed by atoms with Crippen molar-refractivity contribution >= 4 is 33.5 Å². The second-order valence-corrected chi connectivity index (χ2v) is 11.7. The Morgan fingerprint density at radius 3 is 2.68 bits per heavy atom. The summed E-state index contributed by atoms with van der Waals surface area (Å²) >= 11 is 0. The topological polar surface area (TPSA) is 72.3 Å². The number of hydrogen-bond donors (Lipinski definition) is 1. The van der Waals surface area contributed by atoms with Crippen molar-refractivity contribution in [1.82, 2.24) is 19.0 Å². The van der Waals surface area contributed by atoms with E-state index >= 15 is 0 Å². The van der Waals surface area contributed by atoms with Crippen molar-refractivity contribution in [3.8, 4) is 11.5 Å². The molecule has 2 N–H and O–H groups in total. The Kier molecular flexibility index (Phi) is 4.75. The Labute approximate surface area is 216 Å². The number of nitrogens with two attached hydrogens (primary N) is 1. The van der Waals surface area contributed by atoms with Crippen LogP contribution in [0.1, 0.15) is 48.9 Å². The number of amides is 1. The van der Waals surface area contributed by atoms with Gasteiger partial charge < -0.3 is 24.7 Å². The molecule has 1 saturated heterocycles. The van der Waals surface area contributed by atoms with Gasteiger partial charge in [-0.15, -0.1) is 0 Å². The first kappa shape index (κ1) is 21.7. The predicted octanol–water partition coefficient (Wildman–Crippen LogP) is 4.61. The van der Waals surface area contributed by atoms with Crippen molar-refractivity contribution < 1.29 is 4.79 Å². The molecule has 0 bridgehead atoms. The maximum absolute atomic E-state index is 13.6. The van der Waals surface area contributed by atoms with E-state index < -0.39 is 0 Å². The first-order chi connectivity index (χ1) is 18.1. The van der Waals surface area contributed by atoms with Gasteiger partial charge in [-0.05, 0) is 68.7 Å². The fourth-order valence-corrected chi connectivity index (χ4v) is 6.62. The molecule has 37 heavy (non-hydrogen) atoms. The minimum Gasteiger partial charge on any atom is -0.365 e. The van der Waals surface area contributed by atoms with Gasteiger partial charge in [-0.3, -0.25) is 4.79 Å². The van der Waals surface area contributed by atoms with Crippen LogP contribution in [0, 0.1) is 5.92 Å². The Morgan fingerprint density at radius 2 is 1.86 bits per heavy atom. The number of piperidine rings is 1. The molecule has 4 heterocycles. The number of carbonyl (C=O) groups is 1.